The molecule has 0 fully saturated rings. The molecule has 17 heavy (non-hydrogen) atoms. The first-order chi connectivity index (χ1) is 8.29. The summed E-state index contributed by atoms with van der Waals surface area (Å²) < 4.78 is 0. The minimum atomic E-state index is 0.418. The molecule has 0 bridgehead atoms. The number of nitrogens with zero attached hydrogens (tertiary/aromatic N) is 3. The van der Waals surface area contributed by atoms with Gasteiger partial charge in [-0.25, -0.2) is 4.98 Å². The Morgan fingerprint density at radius 2 is 2.18 bits per heavy atom. The summed E-state index contributed by atoms with van der Waals surface area (Å²) in [5.41, 5.74) is 1.20. The van der Waals surface area contributed by atoms with Crippen molar-refractivity contribution in [2.24, 2.45) is 5.18 Å². The molecule has 1 aromatic rings. The molecule has 4 nitrogen and oxygen atoms in total. The highest BCUT2D eigenvalue weighted by molar-refractivity contribution is 5.45. The molecule has 0 N–H and O–H groups in total. The summed E-state index contributed by atoms with van der Waals surface area (Å²) in [6.07, 6.45) is 4.78. The monoisotopic (exact) mass is 235 g/mol. The van der Waals surface area contributed by atoms with E-state index in [-0.39, 0.29) is 0 Å². The number of aromatic nitrogens is 1. The summed E-state index contributed by atoms with van der Waals surface area (Å²) in [5, 5.41) is 2.88. The van der Waals surface area contributed by atoms with Crippen molar-refractivity contribution in [2.75, 3.05) is 24.5 Å². The smallest absolute Gasteiger partial charge is 0.131 e. The molecule has 0 aliphatic carbocycles. The van der Waals surface area contributed by atoms with E-state index in [2.05, 4.69) is 35.0 Å². The summed E-state index contributed by atoms with van der Waals surface area (Å²) in [6, 6.07) is 4.04. The van der Waals surface area contributed by atoms with Crippen molar-refractivity contribution in [1.29, 1.82) is 0 Å². The van der Waals surface area contributed by atoms with Crippen LogP contribution in [0.2, 0.25) is 0 Å². The summed E-state index contributed by atoms with van der Waals surface area (Å²) >= 11 is 0. The minimum absolute atomic E-state index is 0.418. The van der Waals surface area contributed by atoms with E-state index >= 15 is 0 Å². The lowest BCUT2D eigenvalue weighted by molar-refractivity contribution is 0.675. The fraction of sp³-hybridized carbons (Fsp3) is 0.615. The molecule has 1 rings (SSSR count). The molecule has 94 valence electrons. The first-order valence-electron chi connectivity index (χ1n) is 6.25. The van der Waals surface area contributed by atoms with Gasteiger partial charge in [-0.05, 0) is 37.8 Å². The number of hydrogen-bond donors (Lipinski definition) is 0. The molecule has 0 aliphatic heterocycles. The molecule has 0 amide bonds. The second-order valence-electron chi connectivity index (χ2n) is 4.19. The molecule has 1 aromatic heterocycles. The zero-order valence-corrected chi connectivity index (χ0v) is 10.7. The van der Waals surface area contributed by atoms with Crippen molar-refractivity contribution in [3.05, 3.63) is 28.8 Å². The third-order valence-corrected chi connectivity index (χ3v) is 2.70. The second-order valence-corrected chi connectivity index (χ2v) is 4.19. The Kier molecular flexibility index (Phi) is 6.22. The van der Waals surface area contributed by atoms with Gasteiger partial charge in [0.15, 0.2) is 0 Å². The number of pyridine rings is 1. The normalized spacial score (nSPS) is 10.2. The van der Waals surface area contributed by atoms with Gasteiger partial charge in [0, 0.05) is 19.3 Å². The first kappa shape index (κ1) is 13.6. The summed E-state index contributed by atoms with van der Waals surface area (Å²) in [5.74, 6) is 1.06. The molecule has 0 aliphatic rings. The number of hydrogen-bond acceptors (Lipinski definition) is 4. The van der Waals surface area contributed by atoms with E-state index in [1.807, 2.05) is 12.3 Å². The standard InChI is InChI=1S/C13H21N3O/c1-3-10-16(11-5-4-9-15-17)13-12(2)7-6-8-14-13/h6-8H,3-5,9-11H2,1-2H3. The summed E-state index contributed by atoms with van der Waals surface area (Å²) in [6.45, 7) is 6.62. The van der Waals surface area contributed by atoms with E-state index in [0.717, 1.165) is 38.2 Å². The van der Waals surface area contributed by atoms with Gasteiger partial charge in [-0.3, -0.25) is 0 Å². The molecule has 0 saturated carbocycles. The van der Waals surface area contributed by atoms with Crippen LogP contribution >= 0.6 is 0 Å². The number of unbranched alkanes of at least 4 members (excludes halogenated alkanes) is 1. The molecule has 4 heteroatoms. The van der Waals surface area contributed by atoms with Crippen LogP contribution in [0.5, 0.6) is 0 Å². The summed E-state index contributed by atoms with van der Waals surface area (Å²) in [4.78, 5) is 16.8. The van der Waals surface area contributed by atoms with Gasteiger partial charge in [0.1, 0.15) is 5.82 Å². The van der Waals surface area contributed by atoms with Crippen LogP contribution in [0, 0.1) is 11.8 Å². The van der Waals surface area contributed by atoms with Crippen LogP contribution in [-0.4, -0.2) is 24.6 Å². The van der Waals surface area contributed by atoms with Gasteiger partial charge in [-0.15, -0.1) is 0 Å². The van der Waals surface area contributed by atoms with E-state index in [1.165, 1.54) is 5.56 Å². The lowest BCUT2D eigenvalue weighted by Crippen LogP contribution is -2.27. The Balaban J connectivity index is 2.59. The Labute approximate surface area is 103 Å². The van der Waals surface area contributed by atoms with E-state index in [0.29, 0.717) is 6.54 Å². The fourth-order valence-electron chi connectivity index (χ4n) is 1.88. The van der Waals surface area contributed by atoms with E-state index < -0.39 is 0 Å². The highest BCUT2D eigenvalue weighted by atomic mass is 16.3. The van der Waals surface area contributed by atoms with Crippen LogP contribution in [0.1, 0.15) is 31.7 Å². The lowest BCUT2D eigenvalue weighted by atomic mass is 10.2. The Hall–Kier alpha value is -1.45. The van der Waals surface area contributed by atoms with Gasteiger partial charge in [0.2, 0.25) is 0 Å². The molecule has 0 unspecified atom stereocenters. The van der Waals surface area contributed by atoms with Crippen molar-refractivity contribution >= 4 is 5.82 Å². The molecular formula is C13H21N3O. The third kappa shape index (κ3) is 4.51. The second kappa shape index (κ2) is 7.76. The predicted molar refractivity (Wildman–Crippen MR) is 71.4 cm³/mol. The number of anilines is 1. The van der Waals surface area contributed by atoms with Gasteiger partial charge >= 0.3 is 0 Å². The molecule has 0 radical (unpaired) electrons. The Morgan fingerprint density at radius 3 is 2.82 bits per heavy atom. The van der Waals surface area contributed by atoms with Crippen molar-refractivity contribution < 1.29 is 0 Å². The average molecular weight is 235 g/mol. The maximum absolute atomic E-state index is 10.0. The van der Waals surface area contributed by atoms with Gasteiger partial charge in [0.25, 0.3) is 0 Å². The lowest BCUT2D eigenvalue weighted by Gasteiger charge is -2.24. The molecule has 0 spiro atoms. The quantitative estimate of drug-likeness (QED) is 0.513. The van der Waals surface area contributed by atoms with E-state index in [1.54, 1.807) is 0 Å². The van der Waals surface area contributed by atoms with Crippen LogP contribution in [0.15, 0.2) is 23.5 Å². The maximum atomic E-state index is 10.0. The van der Waals surface area contributed by atoms with Gasteiger partial charge in [-0.2, -0.15) is 4.91 Å². The van der Waals surface area contributed by atoms with E-state index in [4.69, 9.17) is 0 Å². The zero-order valence-electron chi connectivity index (χ0n) is 10.7. The first-order valence-corrected chi connectivity index (χ1v) is 6.25. The van der Waals surface area contributed by atoms with Crippen LogP contribution in [0.25, 0.3) is 0 Å². The van der Waals surface area contributed by atoms with Crippen molar-refractivity contribution in [1.82, 2.24) is 4.98 Å². The summed E-state index contributed by atoms with van der Waals surface area (Å²) in [7, 11) is 0. The largest absolute Gasteiger partial charge is 0.356 e. The molecule has 0 saturated heterocycles. The maximum Gasteiger partial charge on any atom is 0.131 e. The zero-order chi connectivity index (χ0) is 12.5. The van der Waals surface area contributed by atoms with Crippen LogP contribution in [0.3, 0.4) is 0 Å². The molecule has 1 heterocycles. The average Bonchev–Trinajstić information content (AvgIpc) is 2.34. The van der Waals surface area contributed by atoms with E-state index in [9.17, 15) is 4.91 Å². The van der Waals surface area contributed by atoms with Crippen LogP contribution in [-0.2, 0) is 0 Å². The van der Waals surface area contributed by atoms with Crippen LogP contribution < -0.4 is 4.90 Å². The fourth-order valence-corrected chi connectivity index (χ4v) is 1.88. The van der Waals surface area contributed by atoms with Crippen molar-refractivity contribution in [3.8, 4) is 0 Å². The number of aryl methyl sites for hydroxylation is 1. The van der Waals surface area contributed by atoms with Crippen molar-refractivity contribution in [2.45, 2.75) is 33.1 Å². The molecular weight excluding hydrogens is 214 g/mol. The highest BCUT2D eigenvalue weighted by Crippen LogP contribution is 2.16. The number of rotatable bonds is 8. The Bertz CT molecular complexity index is 341. The van der Waals surface area contributed by atoms with Gasteiger partial charge < -0.3 is 4.90 Å². The van der Waals surface area contributed by atoms with Gasteiger partial charge in [-0.1, -0.05) is 18.2 Å². The highest BCUT2D eigenvalue weighted by Gasteiger charge is 2.08. The van der Waals surface area contributed by atoms with Crippen LogP contribution in [0.4, 0.5) is 5.82 Å². The molecule has 0 aromatic carbocycles. The third-order valence-electron chi connectivity index (χ3n) is 2.70. The Morgan fingerprint density at radius 1 is 1.35 bits per heavy atom. The predicted octanol–water partition coefficient (Wildman–Crippen LogP) is 3.15. The molecule has 0 atom stereocenters. The topological polar surface area (TPSA) is 45.6 Å². The SMILES string of the molecule is CCCN(CCCCN=O)c1ncccc1C. The van der Waals surface area contributed by atoms with Gasteiger partial charge in [0.05, 0.1) is 6.54 Å². The number of nitroso groups, excluding NO2 is 1. The minimum Gasteiger partial charge on any atom is -0.356 e. The van der Waals surface area contributed by atoms with Crippen molar-refractivity contribution in [3.63, 3.8) is 0 Å².